The lowest BCUT2D eigenvalue weighted by Crippen LogP contribution is -2.11. The summed E-state index contributed by atoms with van der Waals surface area (Å²) in [7, 11) is 0. The van der Waals surface area contributed by atoms with Gasteiger partial charge >= 0.3 is 5.69 Å². The molecule has 0 aromatic carbocycles. The molecule has 0 fully saturated rings. The van der Waals surface area contributed by atoms with E-state index in [1.165, 1.54) is 0 Å². The van der Waals surface area contributed by atoms with E-state index in [0.717, 1.165) is 6.42 Å². The van der Waals surface area contributed by atoms with Crippen molar-refractivity contribution < 1.29 is 4.92 Å². The lowest BCUT2D eigenvalue weighted by molar-refractivity contribution is -0.384. The van der Waals surface area contributed by atoms with Gasteiger partial charge in [-0.25, -0.2) is 9.97 Å². The summed E-state index contributed by atoms with van der Waals surface area (Å²) in [6, 6.07) is 0. The van der Waals surface area contributed by atoms with Crippen LogP contribution in [0.15, 0.2) is 0 Å². The van der Waals surface area contributed by atoms with Crippen LogP contribution < -0.4 is 5.32 Å². The predicted octanol–water partition coefficient (Wildman–Crippen LogP) is 3.62. The van der Waals surface area contributed by atoms with Crippen LogP contribution in [0.5, 0.6) is 0 Å². The minimum atomic E-state index is -0.551. The fraction of sp³-hybridized carbons (Fsp3) is 0.667. The Labute approximate surface area is 117 Å². The van der Waals surface area contributed by atoms with Gasteiger partial charge in [-0.05, 0) is 12.3 Å². The standard InChI is InChI=1S/C12H19ClN4O2/c1-7(2)5-6-14-12-9(17(18)19)10(13)15-11(16-12)8(3)4/h7-8H,5-6H2,1-4H3,(H,14,15,16). The van der Waals surface area contributed by atoms with E-state index >= 15 is 0 Å². The average Bonchev–Trinajstić information content (AvgIpc) is 2.26. The molecule has 0 aliphatic rings. The fourth-order valence-electron chi connectivity index (χ4n) is 1.47. The van der Waals surface area contributed by atoms with Crippen LogP contribution in [0.3, 0.4) is 0 Å². The predicted molar refractivity (Wildman–Crippen MR) is 75.7 cm³/mol. The van der Waals surface area contributed by atoms with Gasteiger partial charge in [-0.1, -0.05) is 39.3 Å². The summed E-state index contributed by atoms with van der Waals surface area (Å²) in [5.41, 5.74) is -0.255. The van der Waals surface area contributed by atoms with Crippen molar-refractivity contribution in [2.45, 2.75) is 40.0 Å². The lowest BCUT2D eigenvalue weighted by Gasteiger charge is -2.11. The second-order valence-corrected chi connectivity index (χ2v) is 5.45. The molecule has 0 atom stereocenters. The maximum atomic E-state index is 11.0. The monoisotopic (exact) mass is 286 g/mol. The van der Waals surface area contributed by atoms with Gasteiger partial charge in [-0.2, -0.15) is 0 Å². The smallest absolute Gasteiger partial charge is 0.348 e. The third kappa shape index (κ3) is 4.31. The summed E-state index contributed by atoms with van der Waals surface area (Å²) < 4.78 is 0. The van der Waals surface area contributed by atoms with Crippen LogP contribution in [0.2, 0.25) is 5.15 Å². The SMILES string of the molecule is CC(C)CCNc1nc(C(C)C)nc(Cl)c1[N+](=O)[O-]. The first-order valence-corrected chi connectivity index (χ1v) is 6.66. The number of rotatable bonds is 6. The highest BCUT2D eigenvalue weighted by Crippen LogP contribution is 2.31. The number of nitro groups is 1. The van der Waals surface area contributed by atoms with Gasteiger partial charge in [-0.3, -0.25) is 10.1 Å². The second kappa shape index (κ2) is 6.65. The van der Waals surface area contributed by atoms with Crippen LogP contribution in [0.4, 0.5) is 11.5 Å². The average molecular weight is 287 g/mol. The van der Waals surface area contributed by atoms with E-state index in [4.69, 9.17) is 11.6 Å². The fourth-order valence-corrected chi connectivity index (χ4v) is 1.71. The molecule has 0 saturated heterocycles. The molecule has 0 spiro atoms. The third-order valence-electron chi connectivity index (χ3n) is 2.57. The lowest BCUT2D eigenvalue weighted by atomic mass is 10.1. The van der Waals surface area contributed by atoms with Crippen LogP contribution in [0.1, 0.15) is 45.9 Å². The van der Waals surface area contributed by atoms with Gasteiger partial charge < -0.3 is 5.32 Å². The molecule has 1 N–H and O–H groups in total. The van der Waals surface area contributed by atoms with Crippen LogP contribution in [0.25, 0.3) is 0 Å². The molecule has 1 aromatic heterocycles. The molecule has 0 radical (unpaired) electrons. The van der Waals surface area contributed by atoms with Crippen molar-refractivity contribution in [1.29, 1.82) is 0 Å². The molecule has 0 bridgehead atoms. The molecule has 1 rings (SSSR count). The molecule has 6 nitrogen and oxygen atoms in total. The number of nitrogens with one attached hydrogen (secondary N) is 1. The molecule has 1 aromatic rings. The number of halogens is 1. The van der Waals surface area contributed by atoms with Crippen LogP contribution in [0, 0.1) is 16.0 Å². The topological polar surface area (TPSA) is 81.0 Å². The van der Waals surface area contributed by atoms with E-state index in [1.807, 2.05) is 13.8 Å². The van der Waals surface area contributed by atoms with Gasteiger partial charge in [0.15, 0.2) is 0 Å². The molecule has 1 heterocycles. The quantitative estimate of drug-likeness (QED) is 0.491. The molecule has 0 saturated carbocycles. The third-order valence-corrected chi connectivity index (χ3v) is 2.84. The molecule has 7 heteroatoms. The van der Waals surface area contributed by atoms with Crippen LogP contribution in [-0.2, 0) is 0 Å². The molecule has 0 amide bonds. The summed E-state index contributed by atoms with van der Waals surface area (Å²) in [6.07, 6.45) is 0.899. The number of anilines is 1. The first kappa shape index (κ1) is 15.6. The Morgan fingerprint density at radius 3 is 2.42 bits per heavy atom. The van der Waals surface area contributed by atoms with Gasteiger partial charge in [-0.15, -0.1) is 0 Å². The Morgan fingerprint density at radius 1 is 1.32 bits per heavy atom. The van der Waals surface area contributed by atoms with E-state index in [9.17, 15) is 10.1 Å². The minimum Gasteiger partial charge on any atom is -0.364 e. The van der Waals surface area contributed by atoms with Crippen LogP contribution >= 0.6 is 11.6 Å². The molecular weight excluding hydrogens is 268 g/mol. The maximum Gasteiger partial charge on any atom is 0.348 e. The Morgan fingerprint density at radius 2 is 1.95 bits per heavy atom. The summed E-state index contributed by atoms with van der Waals surface area (Å²) in [4.78, 5) is 18.6. The molecule has 19 heavy (non-hydrogen) atoms. The normalized spacial score (nSPS) is 11.1. The van der Waals surface area contributed by atoms with Gasteiger partial charge in [0.25, 0.3) is 0 Å². The summed E-state index contributed by atoms with van der Waals surface area (Å²) in [5, 5.41) is 13.9. The molecule has 0 aliphatic heterocycles. The zero-order valence-electron chi connectivity index (χ0n) is 11.6. The summed E-state index contributed by atoms with van der Waals surface area (Å²) in [5.74, 6) is 1.27. The van der Waals surface area contributed by atoms with E-state index < -0.39 is 4.92 Å². The van der Waals surface area contributed by atoms with E-state index in [2.05, 4.69) is 29.1 Å². The summed E-state index contributed by atoms with van der Waals surface area (Å²) in [6.45, 7) is 8.61. The van der Waals surface area contributed by atoms with Crippen molar-refractivity contribution in [2.75, 3.05) is 11.9 Å². The van der Waals surface area contributed by atoms with E-state index in [-0.39, 0.29) is 22.6 Å². The van der Waals surface area contributed by atoms with E-state index in [1.54, 1.807) is 0 Å². The highest BCUT2D eigenvalue weighted by atomic mass is 35.5. The van der Waals surface area contributed by atoms with Gasteiger partial charge in [0, 0.05) is 12.5 Å². The van der Waals surface area contributed by atoms with Crippen molar-refractivity contribution in [3.63, 3.8) is 0 Å². The van der Waals surface area contributed by atoms with Crippen molar-refractivity contribution in [3.05, 3.63) is 21.1 Å². The van der Waals surface area contributed by atoms with Gasteiger partial charge in [0.1, 0.15) is 5.82 Å². The van der Waals surface area contributed by atoms with Gasteiger partial charge in [0.2, 0.25) is 11.0 Å². The number of nitrogens with zero attached hydrogens (tertiary/aromatic N) is 3. The van der Waals surface area contributed by atoms with Gasteiger partial charge in [0.05, 0.1) is 4.92 Å². The molecular formula is C12H19ClN4O2. The highest BCUT2D eigenvalue weighted by Gasteiger charge is 2.24. The Hall–Kier alpha value is -1.43. The molecule has 106 valence electrons. The second-order valence-electron chi connectivity index (χ2n) is 5.09. The number of hydrogen-bond acceptors (Lipinski definition) is 5. The first-order chi connectivity index (χ1) is 8.82. The molecule has 0 unspecified atom stereocenters. The maximum absolute atomic E-state index is 11.0. The Balaban J connectivity index is 3.06. The zero-order valence-corrected chi connectivity index (χ0v) is 12.4. The van der Waals surface area contributed by atoms with Crippen molar-refractivity contribution in [3.8, 4) is 0 Å². The largest absolute Gasteiger partial charge is 0.364 e. The van der Waals surface area contributed by atoms with Crippen LogP contribution in [-0.4, -0.2) is 21.4 Å². The number of hydrogen-bond donors (Lipinski definition) is 1. The Kier molecular flexibility index (Phi) is 5.47. The zero-order chi connectivity index (χ0) is 14.6. The number of aromatic nitrogens is 2. The van der Waals surface area contributed by atoms with Crippen molar-refractivity contribution in [2.24, 2.45) is 5.92 Å². The Bertz CT molecular complexity index is 463. The minimum absolute atomic E-state index is 0.0592. The first-order valence-electron chi connectivity index (χ1n) is 6.28. The summed E-state index contributed by atoms with van der Waals surface area (Å²) >= 11 is 5.88. The van der Waals surface area contributed by atoms with E-state index in [0.29, 0.717) is 18.3 Å². The highest BCUT2D eigenvalue weighted by molar-refractivity contribution is 6.31. The van der Waals surface area contributed by atoms with Crippen molar-refractivity contribution >= 4 is 23.1 Å². The molecule has 0 aliphatic carbocycles. The van der Waals surface area contributed by atoms with Crippen molar-refractivity contribution in [1.82, 2.24) is 9.97 Å².